The Balaban J connectivity index is 1.86. The molecule has 1 fully saturated rings. The Morgan fingerprint density at radius 1 is 0.917 bits per heavy atom. The van der Waals surface area contributed by atoms with Crippen LogP contribution in [0.25, 0.3) is 5.76 Å². The Kier molecular flexibility index (Phi) is 7.00. The SMILES string of the molecule is COC(=O)c1ccc(C2/C(=C(/O)c3ccc(OC)c(OC)c3)C(=O)C(=O)N2Cc2ccncc2)cc1. The van der Waals surface area contributed by atoms with Gasteiger partial charge in [-0.2, -0.15) is 0 Å². The van der Waals surface area contributed by atoms with Crippen LogP contribution in [0.3, 0.4) is 0 Å². The van der Waals surface area contributed by atoms with Crippen LogP contribution in [0.4, 0.5) is 0 Å². The molecule has 2 aromatic carbocycles. The molecular formula is C27H24N2O7. The molecule has 0 saturated carbocycles. The van der Waals surface area contributed by atoms with E-state index >= 15 is 0 Å². The second kappa shape index (κ2) is 10.3. The highest BCUT2D eigenvalue weighted by molar-refractivity contribution is 6.46. The molecule has 1 aromatic heterocycles. The molecule has 1 saturated heterocycles. The number of nitrogens with zero attached hydrogens (tertiary/aromatic N) is 2. The second-order valence-electron chi connectivity index (χ2n) is 7.97. The van der Waals surface area contributed by atoms with Crippen molar-refractivity contribution in [2.75, 3.05) is 21.3 Å². The standard InChI is InChI=1S/C27H24N2O7/c1-34-20-9-8-19(14-21(20)35-2)24(30)22-23(17-4-6-18(7-5-17)27(33)36-3)29(26(32)25(22)31)15-16-10-12-28-13-11-16/h4-14,23,30H,15H2,1-3H3/b24-22-. The molecule has 0 aliphatic carbocycles. The lowest BCUT2D eigenvalue weighted by atomic mass is 9.94. The summed E-state index contributed by atoms with van der Waals surface area (Å²) in [6.07, 6.45) is 3.19. The van der Waals surface area contributed by atoms with Crippen LogP contribution in [0, 0.1) is 0 Å². The number of amides is 1. The first-order valence-electron chi connectivity index (χ1n) is 11.0. The number of rotatable bonds is 7. The number of ketones is 1. The number of esters is 1. The van der Waals surface area contributed by atoms with Crippen LogP contribution in [0.1, 0.15) is 33.1 Å². The number of benzene rings is 2. The van der Waals surface area contributed by atoms with Gasteiger partial charge < -0.3 is 24.2 Å². The van der Waals surface area contributed by atoms with Gasteiger partial charge in [0, 0.05) is 24.5 Å². The number of Topliss-reactive ketones (excluding diaryl/α,β-unsaturated/α-hetero) is 1. The molecule has 3 aromatic rings. The van der Waals surface area contributed by atoms with Crippen molar-refractivity contribution in [1.82, 2.24) is 9.88 Å². The number of aliphatic hydroxyl groups is 1. The predicted molar refractivity (Wildman–Crippen MR) is 129 cm³/mol. The predicted octanol–water partition coefficient (Wildman–Crippen LogP) is 3.51. The summed E-state index contributed by atoms with van der Waals surface area (Å²) in [4.78, 5) is 43.7. The number of aromatic nitrogens is 1. The number of methoxy groups -OCH3 is 3. The Labute approximate surface area is 207 Å². The number of ether oxygens (including phenoxy) is 3. The average molecular weight is 488 g/mol. The van der Waals surface area contributed by atoms with Crippen molar-refractivity contribution in [1.29, 1.82) is 0 Å². The van der Waals surface area contributed by atoms with Gasteiger partial charge in [0.05, 0.1) is 38.5 Å². The largest absolute Gasteiger partial charge is 0.507 e. The summed E-state index contributed by atoms with van der Waals surface area (Å²) in [6.45, 7) is 0.110. The van der Waals surface area contributed by atoms with Crippen LogP contribution in [-0.4, -0.2) is 54.0 Å². The summed E-state index contributed by atoms with van der Waals surface area (Å²) >= 11 is 0. The Bertz CT molecular complexity index is 1330. The normalized spacial score (nSPS) is 16.6. The summed E-state index contributed by atoms with van der Waals surface area (Å²) in [6, 6.07) is 13.6. The molecule has 1 unspecified atom stereocenters. The van der Waals surface area contributed by atoms with Crippen molar-refractivity contribution in [3.8, 4) is 11.5 Å². The molecule has 0 spiro atoms. The minimum absolute atomic E-state index is 0.0768. The number of hydrogen-bond donors (Lipinski definition) is 1. The summed E-state index contributed by atoms with van der Waals surface area (Å²) < 4.78 is 15.3. The van der Waals surface area contributed by atoms with E-state index in [1.807, 2.05) is 0 Å². The molecule has 36 heavy (non-hydrogen) atoms. The van der Waals surface area contributed by atoms with Crippen molar-refractivity contribution in [3.63, 3.8) is 0 Å². The second-order valence-corrected chi connectivity index (χ2v) is 7.97. The number of likely N-dealkylation sites (tertiary alicyclic amines) is 1. The van der Waals surface area contributed by atoms with Gasteiger partial charge in [-0.3, -0.25) is 14.6 Å². The fourth-order valence-electron chi connectivity index (χ4n) is 4.13. The van der Waals surface area contributed by atoms with Gasteiger partial charge in [-0.15, -0.1) is 0 Å². The number of carbonyl (C=O) groups excluding carboxylic acids is 3. The Hall–Kier alpha value is -4.66. The monoisotopic (exact) mass is 488 g/mol. The lowest BCUT2D eigenvalue weighted by Crippen LogP contribution is -2.29. The zero-order valence-electron chi connectivity index (χ0n) is 19.9. The highest BCUT2D eigenvalue weighted by Gasteiger charge is 2.46. The first-order chi connectivity index (χ1) is 17.4. The van der Waals surface area contributed by atoms with Gasteiger partial charge in [0.25, 0.3) is 11.7 Å². The molecule has 0 bridgehead atoms. The maximum atomic E-state index is 13.3. The average Bonchev–Trinajstić information content (AvgIpc) is 3.17. The van der Waals surface area contributed by atoms with Gasteiger partial charge in [-0.05, 0) is 53.6 Å². The minimum atomic E-state index is -0.905. The van der Waals surface area contributed by atoms with Crippen molar-refractivity contribution in [2.24, 2.45) is 0 Å². The summed E-state index contributed by atoms with van der Waals surface area (Å²) in [5, 5.41) is 11.3. The first kappa shape index (κ1) is 24.5. The van der Waals surface area contributed by atoms with E-state index in [1.54, 1.807) is 60.9 Å². The quantitative estimate of drug-likeness (QED) is 0.233. The summed E-state index contributed by atoms with van der Waals surface area (Å²) in [5.41, 5.74) is 1.82. The topological polar surface area (TPSA) is 115 Å². The number of pyridine rings is 1. The summed E-state index contributed by atoms with van der Waals surface area (Å²) in [7, 11) is 4.22. The van der Waals surface area contributed by atoms with Crippen molar-refractivity contribution >= 4 is 23.4 Å². The Morgan fingerprint density at radius 2 is 1.56 bits per heavy atom. The molecular weight excluding hydrogens is 464 g/mol. The molecule has 4 rings (SSSR count). The van der Waals surface area contributed by atoms with Gasteiger partial charge in [0.2, 0.25) is 0 Å². The molecule has 1 aliphatic heterocycles. The van der Waals surface area contributed by atoms with Crippen LogP contribution >= 0.6 is 0 Å². The molecule has 1 aliphatic rings. The zero-order valence-corrected chi connectivity index (χ0v) is 19.9. The third kappa shape index (κ3) is 4.50. The lowest BCUT2D eigenvalue weighted by Gasteiger charge is -2.25. The molecule has 2 heterocycles. The number of carbonyl (C=O) groups is 3. The highest BCUT2D eigenvalue weighted by atomic mass is 16.5. The van der Waals surface area contributed by atoms with Gasteiger partial charge in [-0.1, -0.05) is 12.1 Å². The molecule has 1 N–H and O–H groups in total. The maximum absolute atomic E-state index is 13.3. The van der Waals surface area contributed by atoms with Crippen molar-refractivity contribution in [3.05, 3.63) is 94.8 Å². The van der Waals surface area contributed by atoms with Gasteiger partial charge >= 0.3 is 5.97 Å². The fourth-order valence-corrected chi connectivity index (χ4v) is 4.13. The third-order valence-electron chi connectivity index (χ3n) is 5.95. The lowest BCUT2D eigenvalue weighted by molar-refractivity contribution is -0.140. The van der Waals surface area contributed by atoms with Crippen LogP contribution < -0.4 is 9.47 Å². The third-order valence-corrected chi connectivity index (χ3v) is 5.95. The smallest absolute Gasteiger partial charge is 0.337 e. The molecule has 1 atom stereocenters. The molecule has 9 nitrogen and oxygen atoms in total. The molecule has 0 radical (unpaired) electrons. The zero-order chi connectivity index (χ0) is 25.8. The molecule has 1 amide bonds. The van der Waals surface area contributed by atoms with E-state index in [-0.39, 0.29) is 23.4 Å². The van der Waals surface area contributed by atoms with Crippen LogP contribution in [0.2, 0.25) is 0 Å². The van der Waals surface area contributed by atoms with Crippen molar-refractivity contribution in [2.45, 2.75) is 12.6 Å². The Morgan fingerprint density at radius 3 is 2.17 bits per heavy atom. The van der Waals surface area contributed by atoms with E-state index in [0.717, 1.165) is 5.56 Å². The van der Waals surface area contributed by atoms with Crippen molar-refractivity contribution < 1.29 is 33.7 Å². The van der Waals surface area contributed by atoms with E-state index in [4.69, 9.17) is 14.2 Å². The minimum Gasteiger partial charge on any atom is -0.507 e. The van der Waals surface area contributed by atoms with E-state index in [1.165, 1.54) is 32.3 Å². The number of hydrogen-bond acceptors (Lipinski definition) is 8. The van der Waals surface area contributed by atoms with E-state index in [0.29, 0.717) is 22.6 Å². The van der Waals surface area contributed by atoms with E-state index in [9.17, 15) is 19.5 Å². The van der Waals surface area contributed by atoms with Gasteiger partial charge in [-0.25, -0.2) is 4.79 Å². The van der Waals surface area contributed by atoms with Gasteiger partial charge in [0.15, 0.2) is 11.5 Å². The maximum Gasteiger partial charge on any atom is 0.337 e. The molecule has 184 valence electrons. The summed E-state index contributed by atoms with van der Waals surface area (Å²) in [5.74, 6) is -1.64. The van der Waals surface area contributed by atoms with Crippen LogP contribution in [0.15, 0.2) is 72.6 Å². The first-order valence-corrected chi connectivity index (χ1v) is 11.0. The van der Waals surface area contributed by atoms with E-state index < -0.39 is 23.7 Å². The van der Waals surface area contributed by atoms with Crippen LogP contribution in [0.5, 0.6) is 11.5 Å². The van der Waals surface area contributed by atoms with Crippen LogP contribution in [-0.2, 0) is 20.9 Å². The highest BCUT2D eigenvalue weighted by Crippen LogP contribution is 2.41. The van der Waals surface area contributed by atoms with E-state index in [2.05, 4.69) is 4.98 Å². The van der Waals surface area contributed by atoms with Gasteiger partial charge in [0.1, 0.15) is 5.76 Å². The molecule has 9 heteroatoms. The number of aliphatic hydroxyl groups excluding tert-OH is 1. The fraction of sp³-hybridized carbons (Fsp3) is 0.185.